The van der Waals surface area contributed by atoms with Crippen LogP contribution in [0.25, 0.3) is 0 Å². The van der Waals surface area contributed by atoms with E-state index in [9.17, 15) is 14.9 Å². The maximum absolute atomic E-state index is 12.1. The summed E-state index contributed by atoms with van der Waals surface area (Å²) in [7, 11) is 0. The molecule has 0 aliphatic rings. The number of hydrogen-bond donors (Lipinski definition) is 1. The molecule has 24 heavy (non-hydrogen) atoms. The van der Waals surface area contributed by atoms with Crippen LogP contribution in [-0.2, 0) is 0 Å². The van der Waals surface area contributed by atoms with Gasteiger partial charge in [-0.25, -0.2) is 4.98 Å². The summed E-state index contributed by atoms with van der Waals surface area (Å²) < 4.78 is 5.52. The third-order valence-electron chi connectivity index (χ3n) is 2.79. The minimum atomic E-state index is -0.550. The predicted molar refractivity (Wildman–Crippen MR) is 89.6 cm³/mol. The van der Waals surface area contributed by atoms with Crippen LogP contribution in [0, 0.1) is 10.1 Å². The van der Waals surface area contributed by atoms with Crippen molar-refractivity contribution in [2.75, 3.05) is 0 Å². The number of nitro groups is 1. The molecule has 1 aromatic carbocycles. The zero-order chi connectivity index (χ0) is 17.9. The quantitative estimate of drug-likeness (QED) is 0.665. The van der Waals surface area contributed by atoms with Crippen molar-refractivity contribution in [3.63, 3.8) is 0 Å². The molecule has 1 N–H and O–H groups in total. The molecule has 0 aliphatic heterocycles. The van der Waals surface area contributed by atoms with Crippen LogP contribution < -0.4 is 10.1 Å². The Bertz CT molecular complexity index is 787. The standard InChI is InChI=1S/C16H16ClN3O4/c1-16(2,3)19-15(21)12-5-4-6-14(18-12)24-13-8-7-10(20(22)23)9-11(13)17/h4-9H,1-3H3,(H,19,21). The molecule has 0 spiro atoms. The van der Waals surface area contributed by atoms with Gasteiger partial charge < -0.3 is 10.1 Å². The summed E-state index contributed by atoms with van der Waals surface area (Å²) in [5, 5.41) is 13.6. The van der Waals surface area contributed by atoms with Crippen molar-refractivity contribution in [1.82, 2.24) is 10.3 Å². The average Bonchev–Trinajstić information content (AvgIpc) is 2.47. The van der Waals surface area contributed by atoms with Crippen molar-refractivity contribution in [2.24, 2.45) is 0 Å². The monoisotopic (exact) mass is 349 g/mol. The number of ether oxygens (including phenoxy) is 1. The molecule has 0 saturated heterocycles. The molecule has 0 saturated carbocycles. The van der Waals surface area contributed by atoms with Gasteiger partial charge in [0.05, 0.1) is 9.95 Å². The first-order valence-corrected chi connectivity index (χ1v) is 7.45. The fraction of sp³-hybridized carbons (Fsp3) is 0.250. The summed E-state index contributed by atoms with van der Waals surface area (Å²) in [6.45, 7) is 5.59. The lowest BCUT2D eigenvalue weighted by Crippen LogP contribution is -2.40. The Labute approximate surface area is 143 Å². The third kappa shape index (κ3) is 4.66. The number of halogens is 1. The van der Waals surface area contributed by atoms with Crippen molar-refractivity contribution in [2.45, 2.75) is 26.3 Å². The van der Waals surface area contributed by atoms with Crippen molar-refractivity contribution in [3.8, 4) is 11.6 Å². The fourth-order valence-electron chi connectivity index (χ4n) is 1.80. The van der Waals surface area contributed by atoms with Gasteiger partial charge in [0.2, 0.25) is 5.88 Å². The topological polar surface area (TPSA) is 94.4 Å². The van der Waals surface area contributed by atoms with Crippen LogP contribution in [0.3, 0.4) is 0 Å². The number of rotatable bonds is 4. The number of hydrogen-bond acceptors (Lipinski definition) is 5. The molecule has 1 heterocycles. The molecule has 1 amide bonds. The first-order chi connectivity index (χ1) is 11.2. The Balaban J connectivity index is 2.21. The van der Waals surface area contributed by atoms with E-state index in [2.05, 4.69) is 10.3 Å². The Kier molecular flexibility index (Phi) is 5.04. The van der Waals surface area contributed by atoms with Crippen LogP contribution >= 0.6 is 11.6 Å². The van der Waals surface area contributed by atoms with Gasteiger partial charge >= 0.3 is 0 Å². The van der Waals surface area contributed by atoms with E-state index in [0.29, 0.717) is 0 Å². The van der Waals surface area contributed by atoms with Gasteiger partial charge in [0.15, 0.2) is 0 Å². The van der Waals surface area contributed by atoms with Gasteiger partial charge in [-0.15, -0.1) is 0 Å². The first-order valence-electron chi connectivity index (χ1n) is 7.07. The maximum Gasteiger partial charge on any atom is 0.271 e. The van der Waals surface area contributed by atoms with Crippen LogP contribution in [0.5, 0.6) is 11.6 Å². The van der Waals surface area contributed by atoms with Gasteiger partial charge in [-0.3, -0.25) is 14.9 Å². The second kappa shape index (κ2) is 6.84. The van der Waals surface area contributed by atoms with Crippen LogP contribution in [0.15, 0.2) is 36.4 Å². The number of nitrogens with zero attached hydrogens (tertiary/aromatic N) is 2. The van der Waals surface area contributed by atoms with E-state index >= 15 is 0 Å². The highest BCUT2D eigenvalue weighted by molar-refractivity contribution is 6.32. The van der Waals surface area contributed by atoms with Crippen LogP contribution in [0.4, 0.5) is 5.69 Å². The lowest BCUT2D eigenvalue weighted by atomic mass is 10.1. The molecular formula is C16H16ClN3O4. The van der Waals surface area contributed by atoms with Crippen LogP contribution in [0.2, 0.25) is 5.02 Å². The SMILES string of the molecule is CC(C)(C)NC(=O)c1cccc(Oc2ccc([N+](=O)[O-])cc2Cl)n1. The van der Waals surface area contributed by atoms with E-state index in [4.69, 9.17) is 16.3 Å². The third-order valence-corrected chi connectivity index (χ3v) is 3.08. The molecular weight excluding hydrogens is 334 g/mol. The van der Waals surface area contributed by atoms with Gasteiger partial charge in [-0.2, -0.15) is 0 Å². The van der Waals surface area contributed by atoms with Crippen molar-refractivity contribution < 1.29 is 14.5 Å². The molecule has 126 valence electrons. The van der Waals surface area contributed by atoms with E-state index < -0.39 is 10.5 Å². The van der Waals surface area contributed by atoms with Gasteiger partial charge in [0.1, 0.15) is 11.4 Å². The van der Waals surface area contributed by atoms with Crippen molar-refractivity contribution in [3.05, 3.63) is 57.2 Å². The number of non-ortho nitro benzene ring substituents is 1. The molecule has 8 heteroatoms. The molecule has 1 aromatic heterocycles. The number of nitro benzene ring substituents is 1. The van der Waals surface area contributed by atoms with Gasteiger partial charge in [0.25, 0.3) is 11.6 Å². The molecule has 0 fully saturated rings. The minimum absolute atomic E-state index is 0.0792. The first kappa shape index (κ1) is 17.7. The molecule has 0 atom stereocenters. The van der Waals surface area contributed by atoms with Crippen molar-refractivity contribution >= 4 is 23.2 Å². The number of benzene rings is 1. The number of pyridine rings is 1. The highest BCUT2D eigenvalue weighted by Crippen LogP contribution is 2.31. The molecule has 7 nitrogen and oxygen atoms in total. The second-order valence-corrected chi connectivity index (χ2v) is 6.45. The highest BCUT2D eigenvalue weighted by atomic mass is 35.5. The smallest absolute Gasteiger partial charge is 0.271 e. The Hall–Kier alpha value is -2.67. The molecule has 0 bridgehead atoms. The Morgan fingerprint density at radius 3 is 2.58 bits per heavy atom. The van der Waals surface area contributed by atoms with Crippen molar-refractivity contribution in [1.29, 1.82) is 0 Å². The summed E-state index contributed by atoms with van der Waals surface area (Å²) in [6.07, 6.45) is 0. The van der Waals surface area contributed by atoms with E-state index in [1.807, 2.05) is 20.8 Å². The zero-order valence-corrected chi connectivity index (χ0v) is 14.1. The van der Waals surface area contributed by atoms with E-state index in [1.54, 1.807) is 18.2 Å². The Morgan fingerprint density at radius 1 is 1.29 bits per heavy atom. The maximum atomic E-state index is 12.1. The lowest BCUT2D eigenvalue weighted by Gasteiger charge is -2.20. The Morgan fingerprint density at radius 2 is 2.00 bits per heavy atom. The predicted octanol–water partition coefficient (Wildman–Crippen LogP) is 3.96. The average molecular weight is 350 g/mol. The number of carbonyl (C=O) groups excluding carboxylic acids is 1. The van der Waals surface area contributed by atoms with E-state index in [-0.39, 0.29) is 33.9 Å². The summed E-state index contributed by atoms with van der Waals surface area (Å²) in [4.78, 5) is 26.4. The summed E-state index contributed by atoms with van der Waals surface area (Å²) in [5.41, 5.74) is -0.337. The molecule has 0 aliphatic carbocycles. The lowest BCUT2D eigenvalue weighted by molar-refractivity contribution is -0.384. The summed E-state index contributed by atoms with van der Waals surface area (Å²) >= 11 is 5.98. The van der Waals surface area contributed by atoms with Gasteiger partial charge in [0, 0.05) is 23.7 Å². The number of aromatic nitrogens is 1. The molecule has 0 radical (unpaired) electrons. The van der Waals surface area contributed by atoms with Gasteiger partial charge in [-0.05, 0) is 32.9 Å². The van der Waals surface area contributed by atoms with Crippen LogP contribution in [0.1, 0.15) is 31.3 Å². The van der Waals surface area contributed by atoms with Crippen LogP contribution in [-0.4, -0.2) is 21.4 Å². The largest absolute Gasteiger partial charge is 0.437 e. The highest BCUT2D eigenvalue weighted by Gasteiger charge is 2.17. The second-order valence-electron chi connectivity index (χ2n) is 6.04. The normalized spacial score (nSPS) is 11.0. The zero-order valence-electron chi connectivity index (χ0n) is 13.4. The number of carbonyl (C=O) groups is 1. The summed E-state index contributed by atoms with van der Waals surface area (Å²) in [6, 6.07) is 8.59. The molecule has 0 unspecified atom stereocenters. The number of nitrogens with one attached hydrogen (secondary N) is 1. The summed E-state index contributed by atoms with van der Waals surface area (Å²) in [5.74, 6) is 0.0400. The fourth-order valence-corrected chi connectivity index (χ4v) is 2.01. The minimum Gasteiger partial charge on any atom is -0.437 e. The number of amides is 1. The van der Waals surface area contributed by atoms with E-state index in [1.165, 1.54) is 18.2 Å². The molecule has 2 aromatic rings. The molecule has 2 rings (SSSR count). The van der Waals surface area contributed by atoms with Gasteiger partial charge in [-0.1, -0.05) is 17.7 Å². The van der Waals surface area contributed by atoms with E-state index in [0.717, 1.165) is 0 Å².